The summed E-state index contributed by atoms with van der Waals surface area (Å²) in [5.74, 6) is 3.15. The van der Waals surface area contributed by atoms with Crippen LogP contribution in [0.15, 0.2) is 24.3 Å². The van der Waals surface area contributed by atoms with Crippen LogP contribution in [-0.4, -0.2) is 16.5 Å². The lowest BCUT2D eigenvalue weighted by atomic mass is 10.1. The number of aryl methyl sites for hydroxylation is 2. The van der Waals surface area contributed by atoms with Crippen LogP contribution < -0.4 is 10.1 Å². The Morgan fingerprint density at radius 2 is 1.81 bits per heavy atom. The Morgan fingerprint density at radius 1 is 1.05 bits per heavy atom. The summed E-state index contributed by atoms with van der Waals surface area (Å²) < 4.78 is 6.07. The van der Waals surface area contributed by atoms with Gasteiger partial charge in [-0.25, -0.2) is 4.98 Å². The van der Waals surface area contributed by atoms with Crippen molar-refractivity contribution in [1.29, 1.82) is 0 Å². The molecule has 4 heteroatoms. The summed E-state index contributed by atoms with van der Waals surface area (Å²) >= 11 is 0. The zero-order valence-corrected chi connectivity index (χ0v) is 13.2. The normalized spacial score (nSPS) is 10.5. The number of nitrogens with zero attached hydrogens (tertiary/aromatic N) is 2. The van der Waals surface area contributed by atoms with E-state index in [1.54, 1.807) is 0 Å². The van der Waals surface area contributed by atoms with E-state index >= 15 is 0 Å². The summed E-state index contributed by atoms with van der Waals surface area (Å²) in [6.45, 7) is 9.04. The molecule has 21 heavy (non-hydrogen) atoms. The Morgan fingerprint density at radius 3 is 2.48 bits per heavy atom. The highest BCUT2D eigenvalue weighted by atomic mass is 16.5. The lowest BCUT2D eigenvalue weighted by Crippen LogP contribution is -2.07. The third kappa shape index (κ3) is 3.51. The first-order chi connectivity index (χ1) is 10.2. The molecule has 2 rings (SSSR count). The topological polar surface area (TPSA) is 47.0 Å². The number of hydrogen-bond acceptors (Lipinski definition) is 4. The number of nitrogens with one attached hydrogen (secondary N) is 1. The second-order valence-corrected chi connectivity index (χ2v) is 4.87. The van der Waals surface area contributed by atoms with Crippen molar-refractivity contribution in [2.45, 2.75) is 40.5 Å². The molecule has 1 N–H and O–H groups in total. The van der Waals surface area contributed by atoms with Crippen molar-refractivity contribution in [3.8, 4) is 11.6 Å². The zero-order chi connectivity index (χ0) is 15.2. The van der Waals surface area contributed by atoms with Crippen LogP contribution in [0, 0.1) is 6.92 Å². The highest BCUT2D eigenvalue weighted by Gasteiger charge is 2.13. The van der Waals surface area contributed by atoms with Gasteiger partial charge in [0.05, 0.1) is 5.56 Å². The minimum absolute atomic E-state index is 0.638. The molecular formula is C17H23N3O. The van der Waals surface area contributed by atoms with Crippen molar-refractivity contribution < 1.29 is 4.74 Å². The van der Waals surface area contributed by atoms with E-state index < -0.39 is 0 Å². The first-order valence-corrected chi connectivity index (χ1v) is 7.56. The predicted octanol–water partition coefficient (Wildman–Crippen LogP) is 4.13. The molecule has 0 radical (unpaired) electrons. The van der Waals surface area contributed by atoms with Crippen LogP contribution in [0.5, 0.6) is 11.6 Å². The van der Waals surface area contributed by atoms with Gasteiger partial charge in [-0.15, -0.1) is 0 Å². The highest BCUT2D eigenvalue weighted by molar-refractivity contribution is 5.50. The molecule has 1 aromatic carbocycles. The molecule has 4 nitrogen and oxygen atoms in total. The molecule has 0 unspecified atom stereocenters. The van der Waals surface area contributed by atoms with Crippen molar-refractivity contribution >= 4 is 5.82 Å². The van der Waals surface area contributed by atoms with Gasteiger partial charge in [-0.3, -0.25) is 0 Å². The first kappa shape index (κ1) is 15.3. The van der Waals surface area contributed by atoms with Gasteiger partial charge in [-0.1, -0.05) is 32.0 Å². The molecule has 112 valence electrons. The number of rotatable bonds is 6. The predicted molar refractivity (Wildman–Crippen MR) is 86.2 cm³/mol. The maximum absolute atomic E-state index is 6.07. The van der Waals surface area contributed by atoms with Gasteiger partial charge in [-0.05, 0) is 31.9 Å². The molecule has 0 bridgehead atoms. The van der Waals surface area contributed by atoms with Crippen molar-refractivity contribution in [3.05, 3.63) is 41.2 Å². The Kier molecular flexibility index (Phi) is 5.14. The molecule has 0 aliphatic carbocycles. The van der Waals surface area contributed by atoms with Gasteiger partial charge < -0.3 is 10.1 Å². The molecule has 0 aliphatic rings. The molecular weight excluding hydrogens is 262 g/mol. The van der Waals surface area contributed by atoms with Gasteiger partial charge in [0.2, 0.25) is 5.88 Å². The Hall–Kier alpha value is -2.10. The third-order valence-electron chi connectivity index (χ3n) is 3.37. The Balaban J connectivity index is 2.40. The number of ether oxygens (including phenoxy) is 1. The maximum atomic E-state index is 6.07. The summed E-state index contributed by atoms with van der Waals surface area (Å²) in [6, 6.07) is 8.08. The average molecular weight is 285 g/mol. The van der Waals surface area contributed by atoms with Gasteiger partial charge in [0, 0.05) is 13.0 Å². The van der Waals surface area contributed by atoms with E-state index in [4.69, 9.17) is 4.74 Å². The third-order valence-corrected chi connectivity index (χ3v) is 3.37. The number of para-hydroxylation sites is 1. The summed E-state index contributed by atoms with van der Waals surface area (Å²) in [6.07, 6.45) is 1.71. The van der Waals surface area contributed by atoms with Gasteiger partial charge >= 0.3 is 0 Å². The number of anilines is 1. The second kappa shape index (κ2) is 7.07. The summed E-state index contributed by atoms with van der Waals surface area (Å²) in [7, 11) is 0. The standard InChI is InChI=1S/C17H23N3O/c1-5-13-10-8-9-11-14(13)21-17-12(4)16(18-7-3)19-15(6-2)20-17/h8-11H,5-7H2,1-4H3,(H,18,19,20). The first-order valence-electron chi connectivity index (χ1n) is 7.56. The molecule has 0 fully saturated rings. The van der Waals surface area contributed by atoms with E-state index in [9.17, 15) is 0 Å². The van der Waals surface area contributed by atoms with Crippen molar-refractivity contribution in [1.82, 2.24) is 9.97 Å². The fraction of sp³-hybridized carbons (Fsp3) is 0.412. The molecule has 0 spiro atoms. The molecule has 0 saturated carbocycles. The summed E-state index contributed by atoms with van der Waals surface area (Å²) in [4.78, 5) is 9.05. The van der Waals surface area contributed by atoms with E-state index in [0.717, 1.165) is 42.3 Å². The smallest absolute Gasteiger partial charge is 0.227 e. The number of hydrogen-bond donors (Lipinski definition) is 1. The van der Waals surface area contributed by atoms with E-state index in [2.05, 4.69) is 35.2 Å². The second-order valence-electron chi connectivity index (χ2n) is 4.87. The fourth-order valence-electron chi connectivity index (χ4n) is 2.14. The minimum Gasteiger partial charge on any atom is -0.438 e. The SMILES string of the molecule is CCNc1nc(CC)nc(Oc2ccccc2CC)c1C. The van der Waals surface area contributed by atoms with Crippen LogP contribution in [0.1, 0.15) is 37.7 Å². The van der Waals surface area contributed by atoms with Gasteiger partial charge in [-0.2, -0.15) is 4.98 Å². The van der Waals surface area contributed by atoms with E-state index in [0.29, 0.717) is 5.88 Å². The molecule has 1 aromatic heterocycles. The van der Waals surface area contributed by atoms with Gasteiger partial charge in [0.25, 0.3) is 0 Å². The highest BCUT2D eigenvalue weighted by Crippen LogP contribution is 2.29. The zero-order valence-electron chi connectivity index (χ0n) is 13.2. The van der Waals surface area contributed by atoms with Crippen LogP contribution in [0.3, 0.4) is 0 Å². The van der Waals surface area contributed by atoms with E-state index in [1.807, 2.05) is 32.0 Å². The van der Waals surface area contributed by atoms with Crippen LogP contribution in [0.2, 0.25) is 0 Å². The molecule has 0 aliphatic heterocycles. The summed E-state index contributed by atoms with van der Waals surface area (Å²) in [5.41, 5.74) is 2.12. The van der Waals surface area contributed by atoms with Crippen LogP contribution in [0.25, 0.3) is 0 Å². The molecule has 2 aromatic rings. The fourth-order valence-corrected chi connectivity index (χ4v) is 2.14. The van der Waals surface area contributed by atoms with E-state index in [1.165, 1.54) is 5.56 Å². The van der Waals surface area contributed by atoms with Gasteiger partial charge in [0.1, 0.15) is 17.4 Å². The number of benzene rings is 1. The lowest BCUT2D eigenvalue weighted by molar-refractivity contribution is 0.450. The molecule has 0 amide bonds. The van der Waals surface area contributed by atoms with Crippen LogP contribution in [0.4, 0.5) is 5.82 Å². The number of aromatic nitrogens is 2. The largest absolute Gasteiger partial charge is 0.438 e. The van der Waals surface area contributed by atoms with Crippen LogP contribution in [-0.2, 0) is 12.8 Å². The average Bonchev–Trinajstić information content (AvgIpc) is 2.51. The Bertz CT molecular complexity index is 611. The molecule has 1 heterocycles. The molecule has 0 saturated heterocycles. The Labute approximate surface area is 126 Å². The maximum Gasteiger partial charge on any atom is 0.227 e. The quantitative estimate of drug-likeness (QED) is 0.866. The molecule has 0 atom stereocenters. The van der Waals surface area contributed by atoms with Crippen molar-refractivity contribution in [2.75, 3.05) is 11.9 Å². The lowest BCUT2D eigenvalue weighted by Gasteiger charge is -2.14. The van der Waals surface area contributed by atoms with Crippen molar-refractivity contribution in [2.24, 2.45) is 0 Å². The van der Waals surface area contributed by atoms with E-state index in [-0.39, 0.29) is 0 Å². The van der Waals surface area contributed by atoms with Gasteiger partial charge in [0.15, 0.2) is 0 Å². The summed E-state index contributed by atoms with van der Waals surface area (Å²) in [5, 5.41) is 3.27. The monoisotopic (exact) mass is 285 g/mol. The van der Waals surface area contributed by atoms with Crippen LogP contribution >= 0.6 is 0 Å². The van der Waals surface area contributed by atoms with Crippen molar-refractivity contribution in [3.63, 3.8) is 0 Å². The minimum atomic E-state index is 0.638.